The number of hydrogen-bond donors (Lipinski definition) is 1. The lowest BCUT2D eigenvalue weighted by atomic mass is 9.87. The molecular formula is C13H21N3O. The average Bonchev–Trinajstić information content (AvgIpc) is 2.37. The Labute approximate surface area is 103 Å². The van der Waals surface area contributed by atoms with Gasteiger partial charge in [-0.15, -0.1) is 0 Å². The highest BCUT2D eigenvalue weighted by atomic mass is 16.5. The van der Waals surface area contributed by atoms with Crippen molar-refractivity contribution in [3.05, 3.63) is 23.3 Å². The molecule has 1 aliphatic carbocycles. The van der Waals surface area contributed by atoms with Crippen molar-refractivity contribution in [2.75, 3.05) is 13.7 Å². The highest BCUT2D eigenvalue weighted by molar-refractivity contribution is 5.22. The van der Waals surface area contributed by atoms with E-state index in [1.54, 1.807) is 7.11 Å². The number of methoxy groups -OCH3 is 1. The molecule has 1 atom stereocenters. The first-order chi connectivity index (χ1) is 8.06. The van der Waals surface area contributed by atoms with E-state index in [9.17, 15) is 0 Å². The number of ether oxygens (including phenoxy) is 1. The Kier molecular flexibility index (Phi) is 3.45. The SMILES string of the molecule is COC(C)(C)c1ncc2c(n1)CCC(CN)C2. The van der Waals surface area contributed by atoms with Crippen LogP contribution in [-0.4, -0.2) is 23.6 Å². The first-order valence-electron chi connectivity index (χ1n) is 6.17. The van der Waals surface area contributed by atoms with E-state index in [1.165, 1.54) is 11.3 Å². The summed E-state index contributed by atoms with van der Waals surface area (Å²) in [5.74, 6) is 1.36. The summed E-state index contributed by atoms with van der Waals surface area (Å²) >= 11 is 0. The Morgan fingerprint density at radius 2 is 2.29 bits per heavy atom. The Balaban J connectivity index is 2.27. The smallest absolute Gasteiger partial charge is 0.159 e. The quantitative estimate of drug-likeness (QED) is 0.860. The molecule has 17 heavy (non-hydrogen) atoms. The maximum atomic E-state index is 5.72. The fourth-order valence-electron chi connectivity index (χ4n) is 2.17. The molecule has 4 heteroatoms. The molecule has 0 fully saturated rings. The van der Waals surface area contributed by atoms with Crippen molar-refractivity contribution >= 4 is 0 Å². The highest BCUT2D eigenvalue weighted by Crippen LogP contribution is 2.26. The van der Waals surface area contributed by atoms with Crippen LogP contribution in [0.2, 0.25) is 0 Å². The van der Waals surface area contributed by atoms with E-state index in [0.717, 1.165) is 31.6 Å². The third kappa shape index (κ3) is 2.48. The monoisotopic (exact) mass is 235 g/mol. The lowest BCUT2D eigenvalue weighted by molar-refractivity contribution is 0.0111. The van der Waals surface area contributed by atoms with Gasteiger partial charge in [0, 0.05) is 19.0 Å². The summed E-state index contributed by atoms with van der Waals surface area (Å²) in [6.45, 7) is 4.73. The number of fused-ring (bicyclic) bond motifs is 1. The largest absolute Gasteiger partial charge is 0.371 e. The molecule has 0 amide bonds. The minimum atomic E-state index is -0.417. The predicted molar refractivity (Wildman–Crippen MR) is 66.6 cm³/mol. The maximum absolute atomic E-state index is 5.72. The van der Waals surface area contributed by atoms with E-state index in [-0.39, 0.29) is 0 Å². The van der Waals surface area contributed by atoms with Crippen molar-refractivity contribution in [2.24, 2.45) is 11.7 Å². The fraction of sp³-hybridized carbons (Fsp3) is 0.692. The van der Waals surface area contributed by atoms with Crippen molar-refractivity contribution in [3.63, 3.8) is 0 Å². The van der Waals surface area contributed by atoms with Gasteiger partial charge in [-0.1, -0.05) is 0 Å². The molecule has 0 saturated heterocycles. The Hall–Kier alpha value is -1.00. The topological polar surface area (TPSA) is 61.0 Å². The van der Waals surface area contributed by atoms with E-state index < -0.39 is 5.60 Å². The van der Waals surface area contributed by atoms with Crippen LogP contribution in [0.25, 0.3) is 0 Å². The van der Waals surface area contributed by atoms with Crippen LogP contribution in [0.15, 0.2) is 6.20 Å². The Morgan fingerprint density at radius 3 is 2.94 bits per heavy atom. The van der Waals surface area contributed by atoms with Gasteiger partial charge in [0.05, 0.1) is 0 Å². The number of nitrogens with zero attached hydrogens (tertiary/aromatic N) is 2. The van der Waals surface area contributed by atoms with Crippen LogP contribution in [0.5, 0.6) is 0 Å². The normalized spacial score (nSPS) is 20.1. The molecule has 2 rings (SSSR count). The van der Waals surface area contributed by atoms with Crippen LogP contribution in [0, 0.1) is 5.92 Å². The lowest BCUT2D eigenvalue weighted by Crippen LogP contribution is -2.27. The number of nitrogens with two attached hydrogens (primary N) is 1. The minimum absolute atomic E-state index is 0.417. The summed E-state index contributed by atoms with van der Waals surface area (Å²) in [6, 6.07) is 0. The summed E-state index contributed by atoms with van der Waals surface area (Å²) in [6.07, 6.45) is 5.10. The lowest BCUT2D eigenvalue weighted by Gasteiger charge is -2.26. The standard InChI is InChI=1S/C13H21N3O/c1-13(2,17-3)12-15-8-10-6-9(7-14)4-5-11(10)16-12/h8-9H,4-7,14H2,1-3H3. The molecule has 0 saturated carbocycles. The number of aromatic nitrogens is 2. The molecule has 1 heterocycles. The molecule has 0 radical (unpaired) electrons. The first kappa shape index (κ1) is 12.5. The van der Waals surface area contributed by atoms with Gasteiger partial charge in [-0.3, -0.25) is 0 Å². The molecule has 1 aliphatic rings. The minimum Gasteiger partial charge on any atom is -0.371 e. The van der Waals surface area contributed by atoms with Gasteiger partial charge in [-0.2, -0.15) is 0 Å². The van der Waals surface area contributed by atoms with Crippen LogP contribution in [-0.2, 0) is 23.2 Å². The summed E-state index contributed by atoms with van der Waals surface area (Å²) < 4.78 is 5.41. The molecule has 2 N–H and O–H groups in total. The van der Waals surface area contributed by atoms with Crippen LogP contribution in [0.1, 0.15) is 37.4 Å². The predicted octanol–water partition coefficient (Wildman–Crippen LogP) is 1.42. The van der Waals surface area contributed by atoms with Crippen LogP contribution < -0.4 is 5.73 Å². The zero-order chi connectivity index (χ0) is 12.5. The highest BCUT2D eigenvalue weighted by Gasteiger charge is 2.26. The van der Waals surface area contributed by atoms with E-state index >= 15 is 0 Å². The van der Waals surface area contributed by atoms with E-state index in [4.69, 9.17) is 10.5 Å². The summed E-state index contributed by atoms with van der Waals surface area (Å²) in [7, 11) is 1.69. The first-order valence-corrected chi connectivity index (χ1v) is 6.17. The van der Waals surface area contributed by atoms with Gasteiger partial charge in [0.15, 0.2) is 5.82 Å². The van der Waals surface area contributed by atoms with Gasteiger partial charge >= 0.3 is 0 Å². The molecule has 4 nitrogen and oxygen atoms in total. The van der Waals surface area contributed by atoms with Crippen LogP contribution in [0.4, 0.5) is 0 Å². The molecular weight excluding hydrogens is 214 g/mol. The van der Waals surface area contributed by atoms with Crippen molar-refractivity contribution in [1.82, 2.24) is 9.97 Å². The van der Waals surface area contributed by atoms with E-state index in [1.807, 2.05) is 20.0 Å². The second kappa shape index (κ2) is 4.70. The summed E-state index contributed by atoms with van der Waals surface area (Å²) in [4.78, 5) is 9.07. The molecule has 0 aromatic carbocycles. The summed E-state index contributed by atoms with van der Waals surface area (Å²) in [5.41, 5.74) is 7.73. The van der Waals surface area contributed by atoms with Gasteiger partial charge in [0.25, 0.3) is 0 Å². The molecule has 1 unspecified atom stereocenters. The number of rotatable bonds is 3. The van der Waals surface area contributed by atoms with Crippen molar-refractivity contribution in [3.8, 4) is 0 Å². The summed E-state index contributed by atoms with van der Waals surface area (Å²) in [5, 5.41) is 0. The second-order valence-electron chi connectivity index (χ2n) is 5.22. The zero-order valence-corrected chi connectivity index (χ0v) is 10.9. The van der Waals surface area contributed by atoms with Gasteiger partial charge in [-0.05, 0) is 51.1 Å². The number of hydrogen-bond acceptors (Lipinski definition) is 4. The van der Waals surface area contributed by atoms with Crippen LogP contribution in [0.3, 0.4) is 0 Å². The van der Waals surface area contributed by atoms with Crippen molar-refractivity contribution in [2.45, 2.75) is 38.7 Å². The average molecular weight is 235 g/mol. The van der Waals surface area contributed by atoms with Gasteiger partial charge in [0.1, 0.15) is 5.60 Å². The molecule has 0 aliphatic heterocycles. The van der Waals surface area contributed by atoms with Gasteiger partial charge in [-0.25, -0.2) is 9.97 Å². The van der Waals surface area contributed by atoms with Gasteiger partial charge < -0.3 is 10.5 Å². The van der Waals surface area contributed by atoms with Gasteiger partial charge in [0.2, 0.25) is 0 Å². The maximum Gasteiger partial charge on any atom is 0.159 e. The van der Waals surface area contributed by atoms with E-state index in [0.29, 0.717) is 5.92 Å². The van der Waals surface area contributed by atoms with Crippen molar-refractivity contribution in [1.29, 1.82) is 0 Å². The molecule has 94 valence electrons. The molecule has 0 spiro atoms. The Morgan fingerprint density at radius 1 is 1.53 bits per heavy atom. The molecule has 1 aromatic heterocycles. The second-order valence-corrected chi connectivity index (χ2v) is 5.22. The number of aryl methyl sites for hydroxylation is 1. The third-order valence-corrected chi connectivity index (χ3v) is 3.63. The van der Waals surface area contributed by atoms with E-state index in [2.05, 4.69) is 9.97 Å². The van der Waals surface area contributed by atoms with Crippen LogP contribution >= 0.6 is 0 Å². The molecule has 1 aromatic rings. The zero-order valence-electron chi connectivity index (χ0n) is 10.9. The third-order valence-electron chi connectivity index (χ3n) is 3.63. The molecule has 0 bridgehead atoms. The van der Waals surface area contributed by atoms with Crippen molar-refractivity contribution < 1.29 is 4.74 Å². The fourth-order valence-corrected chi connectivity index (χ4v) is 2.17. The Bertz CT molecular complexity index is 404.